The van der Waals surface area contributed by atoms with Crippen LogP contribution in [0.2, 0.25) is 0 Å². The molecule has 3 N–H and O–H groups in total. The molecule has 126 valence electrons. The van der Waals surface area contributed by atoms with Gasteiger partial charge in [0.05, 0.1) is 18.3 Å². The SMILES string of the molecule is CC(=O)NCCNC(C)C(=O)c1ccc2c(c1)NCC(C)(C)O2. The minimum Gasteiger partial charge on any atom is -0.484 e. The molecule has 1 aromatic rings. The van der Waals surface area contributed by atoms with Crippen LogP contribution in [-0.4, -0.2) is 43.0 Å². The summed E-state index contributed by atoms with van der Waals surface area (Å²) in [5.74, 6) is 0.709. The molecule has 1 heterocycles. The Kier molecular flexibility index (Phi) is 5.26. The van der Waals surface area contributed by atoms with Crippen molar-refractivity contribution in [3.8, 4) is 5.75 Å². The number of ether oxygens (including phenoxy) is 1. The lowest BCUT2D eigenvalue weighted by Crippen LogP contribution is -2.40. The molecule has 2 rings (SSSR count). The van der Waals surface area contributed by atoms with Crippen LogP contribution >= 0.6 is 0 Å². The lowest BCUT2D eigenvalue weighted by molar-refractivity contribution is -0.118. The van der Waals surface area contributed by atoms with Crippen molar-refractivity contribution < 1.29 is 14.3 Å². The van der Waals surface area contributed by atoms with E-state index < -0.39 is 0 Å². The van der Waals surface area contributed by atoms with E-state index in [1.165, 1.54) is 6.92 Å². The maximum Gasteiger partial charge on any atom is 0.216 e. The maximum absolute atomic E-state index is 12.5. The summed E-state index contributed by atoms with van der Waals surface area (Å²) >= 11 is 0. The summed E-state index contributed by atoms with van der Waals surface area (Å²) in [4.78, 5) is 23.3. The monoisotopic (exact) mass is 319 g/mol. The van der Waals surface area contributed by atoms with E-state index in [-0.39, 0.29) is 23.3 Å². The average molecular weight is 319 g/mol. The van der Waals surface area contributed by atoms with Crippen molar-refractivity contribution in [1.82, 2.24) is 10.6 Å². The smallest absolute Gasteiger partial charge is 0.216 e. The van der Waals surface area contributed by atoms with E-state index in [1.807, 2.05) is 32.9 Å². The summed E-state index contributed by atoms with van der Waals surface area (Å²) < 4.78 is 5.89. The minimum absolute atomic E-state index is 0.0160. The number of hydrogen-bond donors (Lipinski definition) is 3. The van der Waals surface area contributed by atoms with Crippen molar-refractivity contribution in [3.05, 3.63) is 23.8 Å². The second-order valence-corrected chi connectivity index (χ2v) is 6.45. The van der Waals surface area contributed by atoms with Gasteiger partial charge in [-0.25, -0.2) is 0 Å². The molecular formula is C17H25N3O3. The van der Waals surface area contributed by atoms with Crippen LogP contribution < -0.4 is 20.7 Å². The van der Waals surface area contributed by atoms with Gasteiger partial charge < -0.3 is 20.7 Å². The summed E-state index contributed by atoms with van der Waals surface area (Å²) in [6.07, 6.45) is 0. The predicted octanol–water partition coefficient (Wildman–Crippen LogP) is 1.57. The van der Waals surface area contributed by atoms with E-state index in [9.17, 15) is 9.59 Å². The fourth-order valence-electron chi connectivity index (χ4n) is 2.42. The molecule has 0 radical (unpaired) electrons. The highest BCUT2D eigenvalue weighted by Crippen LogP contribution is 2.33. The van der Waals surface area contributed by atoms with Crippen molar-refractivity contribution in [1.29, 1.82) is 0 Å². The molecule has 1 amide bonds. The number of Topliss-reactive ketones (excluding diaryl/α,β-unsaturated/α-hetero) is 1. The molecule has 1 atom stereocenters. The molecule has 0 saturated carbocycles. The number of carbonyl (C=O) groups excluding carboxylic acids is 2. The predicted molar refractivity (Wildman–Crippen MR) is 90.1 cm³/mol. The number of anilines is 1. The van der Waals surface area contributed by atoms with E-state index in [0.29, 0.717) is 25.2 Å². The van der Waals surface area contributed by atoms with Crippen LogP contribution in [0, 0.1) is 0 Å². The van der Waals surface area contributed by atoms with Gasteiger partial charge in [0, 0.05) is 25.6 Å². The Labute approximate surface area is 137 Å². The van der Waals surface area contributed by atoms with Crippen LogP contribution in [0.25, 0.3) is 0 Å². The van der Waals surface area contributed by atoms with Crippen LogP contribution in [-0.2, 0) is 4.79 Å². The fraction of sp³-hybridized carbons (Fsp3) is 0.529. The number of amides is 1. The van der Waals surface area contributed by atoms with Crippen molar-refractivity contribution in [3.63, 3.8) is 0 Å². The van der Waals surface area contributed by atoms with Gasteiger partial charge in [0.1, 0.15) is 11.4 Å². The molecule has 1 aromatic carbocycles. The Balaban J connectivity index is 1.96. The molecule has 1 unspecified atom stereocenters. The second kappa shape index (κ2) is 7.00. The molecule has 0 aromatic heterocycles. The third-order valence-electron chi connectivity index (χ3n) is 3.70. The molecule has 1 aliphatic rings. The first-order valence-electron chi connectivity index (χ1n) is 7.87. The molecule has 23 heavy (non-hydrogen) atoms. The zero-order valence-electron chi connectivity index (χ0n) is 14.2. The lowest BCUT2D eigenvalue weighted by Gasteiger charge is -2.33. The first-order valence-corrected chi connectivity index (χ1v) is 7.87. The van der Waals surface area contributed by atoms with E-state index >= 15 is 0 Å². The quantitative estimate of drug-likeness (QED) is 0.548. The summed E-state index contributed by atoms with van der Waals surface area (Å²) in [5.41, 5.74) is 1.23. The number of fused-ring (bicyclic) bond motifs is 1. The second-order valence-electron chi connectivity index (χ2n) is 6.45. The number of rotatable bonds is 6. The molecule has 6 nitrogen and oxygen atoms in total. The van der Waals surface area contributed by atoms with Crippen LogP contribution in [0.5, 0.6) is 5.75 Å². The normalized spacial score (nSPS) is 16.5. The van der Waals surface area contributed by atoms with E-state index in [4.69, 9.17) is 4.74 Å². The van der Waals surface area contributed by atoms with Crippen molar-refractivity contribution >= 4 is 17.4 Å². The first-order chi connectivity index (χ1) is 10.8. The van der Waals surface area contributed by atoms with Gasteiger partial charge in [-0.2, -0.15) is 0 Å². The van der Waals surface area contributed by atoms with E-state index in [2.05, 4.69) is 16.0 Å². The third kappa shape index (κ3) is 4.69. The molecule has 0 spiro atoms. The maximum atomic E-state index is 12.5. The molecular weight excluding hydrogens is 294 g/mol. The van der Waals surface area contributed by atoms with Gasteiger partial charge >= 0.3 is 0 Å². The largest absolute Gasteiger partial charge is 0.484 e. The standard InChI is InChI=1S/C17H25N3O3/c1-11(18-7-8-19-12(2)21)16(22)13-5-6-15-14(9-13)20-10-17(3,4)23-15/h5-6,9,11,18,20H,7-8,10H2,1-4H3,(H,19,21). The lowest BCUT2D eigenvalue weighted by atomic mass is 10.0. The summed E-state index contributed by atoms with van der Waals surface area (Å²) in [6.45, 7) is 9.07. The number of hydrogen-bond acceptors (Lipinski definition) is 5. The minimum atomic E-state index is -0.317. The third-order valence-corrected chi connectivity index (χ3v) is 3.70. The van der Waals surface area contributed by atoms with Gasteiger partial charge in [-0.1, -0.05) is 0 Å². The Bertz CT molecular complexity index is 599. The molecule has 0 fully saturated rings. The van der Waals surface area contributed by atoms with Crippen LogP contribution in [0.15, 0.2) is 18.2 Å². The Morgan fingerprint density at radius 1 is 1.35 bits per heavy atom. The fourth-order valence-corrected chi connectivity index (χ4v) is 2.42. The highest BCUT2D eigenvalue weighted by atomic mass is 16.5. The van der Waals surface area contributed by atoms with Gasteiger partial charge in [-0.3, -0.25) is 9.59 Å². The molecule has 6 heteroatoms. The van der Waals surface area contributed by atoms with Gasteiger partial charge in [0.15, 0.2) is 5.78 Å². The van der Waals surface area contributed by atoms with Crippen molar-refractivity contribution in [2.24, 2.45) is 0 Å². The van der Waals surface area contributed by atoms with Gasteiger partial charge in [-0.05, 0) is 39.0 Å². The Hall–Kier alpha value is -2.08. The number of benzene rings is 1. The Morgan fingerprint density at radius 2 is 2.09 bits per heavy atom. The van der Waals surface area contributed by atoms with Gasteiger partial charge in [0.2, 0.25) is 5.91 Å². The van der Waals surface area contributed by atoms with E-state index in [0.717, 1.165) is 11.4 Å². The van der Waals surface area contributed by atoms with Crippen molar-refractivity contribution in [2.45, 2.75) is 39.3 Å². The van der Waals surface area contributed by atoms with Gasteiger partial charge in [0.25, 0.3) is 0 Å². The highest BCUT2D eigenvalue weighted by Gasteiger charge is 2.27. The van der Waals surface area contributed by atoms with Crippen molar-refractivity contribution in [2.75, 3.05) is 25.0 Å². The number of carbonyl (C=O) groups is 2. The molecule has 0 saturated heterocycles. The summed E-state index contributed by atoms with van der Waals surface area (Å²) in [6, 6.07) is 5.14. The topological polar surface area (TPSA) is 79.5 Å². The zero-order chi connectivity index (χ0) is 17.0. The number of nitrogens with one attached hydrogen (secondary N) is 3. The zero-order valence-corrected chi connectivity index (χ0v) is 14.2. The van der Waals surface area contributed by atoms with Crippen LogP contribution in [0.3, 0.4) is 0 Å². The molecule has 0 aliphatic carbocycles. The molecule has 0 bridgehead atoms. The van der Waals surface area contributed by atoms with Gasteiger partial charge in [-0.15, -0.1) is 0 Å². The van der Waals surface area contributed by atoms with Crippen LogP contribution in [0.4, 0.5) is 5.69 Å². The Morgan fingerprint density at radius 3 is 2.78 bits per heavy atom. The summed E-state index contributed by atoms with van der Waals surface area (Å²) in [7, 11) is 0. The first kappa shape index (κ1) is 17.3. The van der Waals surface area contributed by atoms with E-state index in [1.54, 1.807) is 6.07 Å². The van der Waals surface area contributed by atoms with Crippen LogP contribution in [0.1, 0.15) is 38.1 Å². The highest BCUT2D eigenvalue weighted by molar-refractivity contribution is 6.01. The average Bonchev–Trinajstić information content (AvgIpc) is 2.49. The number of ketones is 1. The summed E-state index contributed by atoms with van der Waals surface area (Å²) in [5, 5.41) is 9.11. The molecule has 1 aliphatic heterocycles.